The lowest BCUT2D eigenvalue weighted by Crippen LogP contribution is -2.40. The highest BCUT2D eigenvalue weighted by Crippen LogP contribution is 2.29. The van der Waals surface area contributed by atoms with E-state index in [-0.39, 0.29) is 0 Å². The highest BCUT2D eigenvalue weighted by atomic mass is 32.3. The first kappa shape index (κ1) is 14.7. The molecule has 0 aromatic rings. The molecule has 0 aromatic heterocycles. The van der Waals surface area contributed by atoms with Crippen LogP contribution in [0.3, 0.4) is 0 Å². The van der Waals surface area contributed by atoms with Crippen LogP contribution in [-0.4, -0.2) is 39.1 Å². The molecule has 0 spiro atoms. The van der Waals surface area contributed by atoms with Crippen LogP contribution in [0.2, 0.25) is 0 Å². The van der Waals surface area contributed by atoms with Crippen LogP contribution in [-0.2, 0) is 19.7 Å². The molecule has 0 heterocycles. The highest BCUT2D eigenvalue weighted by molar-refractivity contribution is 8.08. The van der Waals surface area contributed by atoms with Crippen LogP contribution in [0.25, 0.3) is 0 Å². The van der Waals surface area contributed by atoms with Gasteiger partial charge in [-0.05, 0) is 6.92 Å². The van der Waals surface area contributed by atoms with E-state index >= 15 is 0 Å². The Hall–Kier alpha value is -0.310. The van der Waals surface area contributed by atoms with E-state index in [1.165, 1.54) is 0 Å². The molecular weight excluding hydrogens is 257 g/mol. The van der Waals surface area contributed by atoms with Gasteiger partial charge in [-0.2, -0.15) is 8.78 Å². The minimum atomic E-state index is -5.33. The molecule has 0 N–H and O–H groups in total. The van der Waals surface area contributed by atoms with Gasteiger partial charge in [-0.3, -0.25) is 0 Å². The molecule has 92 valence electrons. The van der Waals surface area contributed by atoms with Crippen LogP contribution >= 0.6 is 0 Å². The van der Waals surface area contributed by atoms with Crippen LogP contribution in [0.4, 0.5) is 13.2 Å². The van der Waals surface area contributed by atoms with Crippen LogP contribution in [0.5, 0.6) is 0 Å². The molecule has 4 nitrogen and oxygen atoms in total. The molecule has 0 aliphatic rings. The molecule has 0 rings (SSSR count). The third-order valence-electron chi connectivity index (χ3n) is 1.65. The van der Waals surface area contributed by atoms with E-state index in [9.17, 15) is 30.0 Å². The zero-order valence-corrected chi connectivity index (χ0v) is 9.71. The van der Waals surface area contributed by atoms with Crippen LogP contribution in [0.15, 0.2) is 0 Å². The first-order valence-corrected chi connectivity index (χ1v) is 7.38. The van der Waals surface area contributed by atoms with Crippen molar-refractivity contribution in [3.8, 4) is 0 Å². The first-order chi connectivity index (χ1) is 6.46. The van der Waals surface area contributed by atoms with Gasteiger partial charge in [-0.15, -0.1) is 0 Å². The topological polar surface area (TPSA) is 68.3 Å². The largest absolute Gasteiger partial charge is 0.376 e. The van der Waals surface area contributed by atoms with Gasteiger partial charge in [0.05, 0.1) is 0 Å². The lowest BCUT2D eigenvalue weighted by Gasteiger charge is -2.17. The van der Waals surface area contributed by atoms with Gasteiger partial charge in [0.15, 0.2) is 21.1 Å². The number of halogens is 3. The van der Waals surface area contributed by atoms with E-state index in [2.05, 4.69) is 0 Å². The zero-order valence-electron chi connectivity index (χ0n) is 8.07. The van der Waals surface area contributed by atoms with Crippen molar-refractivity contribution in [2.24, 2.45) is 0 Å². The summed E-state index contributed by atoms with van der Waals surface area (Å²) >= 11 is 0. The molecule has 0 fully saturated rings. The number of rotatable bonds is 5. The van der Waals surface area contributed by atoms with Crippen molar-refractivity contribution in [1.82, 2.24) is 0 Å². The summed E-state index contributed by atoms with van der Waals surface area (Å²) in [7, 11) is -9.45. The van der Waals surface area contributed by atoms with E-state index in [1.54, 1.807) is 0 Å². The Morgan fingerprint density at radius 2 is 1.60 bits per heavy atom. The Labute approximate surface area is 86.3 Å². The van der Waals surface area contributed by atoms with Crippen molar-refractivity contribution in [3.05, 3.63) is 0 Å². The molecule has 1 unspecified atom stereocenters. The summed E-state index contributed by atoms with van der Waals surface area (Å²) < 4.78 is 81.4. The summed E-state index contributed by atoms with van der Waals surface area (Å²) in [5, 5.41) is -6.41. The number of hydrogen-bond acceptors (Lipinski definition) is 4. The van der Waals surface area contributed by atoms with Gasteiger partial charge in [-0.1, -0.05) is 6.92 Å². The summed E-state index contributed by atoms with van der Waals surface area (Å²) in [6, 6.07) is 0. The molecule has 0 bridgehead atoms. The second-order valence-electron chi connectivity index (χ2n) is 2.94. The molecule has 0 aliphatic heterocycles. The fourth-order valence-corrected chi connectivity index (χ4v) is 4.33. The molecule has 0 saturated carbocycles. The Balaban J connectivity index is 5.21. The van der Waals surface area contributed by atoms with Crippen LogP contribution in [0.1, 0.15) is 13.8 Å². The third kappa shape index (κ3) is 3.33. The zero-order chi connectivity index (χ0) is 12.5. The van der Waals surface area contributed by atoms with E-state index in [1.807, 2.05) is 0 Å². The van der Waals surface area contributed by atoms with Crippen molar-refractivity contribution in [2.45, 2.75) is 25.3 Å². The van der Waals surface area contributed by atoms with E-state index < -0.39 is 41.9 Å². The maximum atomic E-state index is 12.8. The van der Waals surface area contributed by atoms with Gasteiger partial charge in [0.2, 0.25) is 9.84 Å². The van der Waals surface area contributed by atoms with Crippen LogP contribution in [0, 0.1) is 0 Å². The SMILES string of the molecule is CCS(=O)(=O)CS(=O)(=O)C(F)(F)C(C)F. The Morgan fingerprint density at radius 1 is 1.20 bits per heavy atom. The van der Waals surface area contributed by atoms with E-state index in [4.69, 9.17) is 0 Å². The normalized spacial score (nSPS) is 16.3. The van der Waals surface area contributed by atoms with Gasteiger partial charge < -0.3 is 0 Å². The average molecular weight is 268 g/mol. The van der Waals surface area contributed by atoms with Gasteiger partial charge in [0.25, 0.3) is 0 Å². The van der Waals surface area contributed by atoms with Crippen molar-refractivity contribution in [1.29, 1.82) is 0 Å². The minimum absolute atomic E-state index is 0.357. The van der Waals surface area contributed by atoms with E-state index in [0.29, 0.717) is 6.92 Å². The van der Waals surface area contributed by atoms with Gasteiger partial charge >= 0.3 is 5.25 Å². The molecule has 0 aliphatic carbocycles. The summed E-state index contributed by atoms with van der Waals surface area (Å²) in [6.45, 7) is 1.47. The predicted octanol–water partition coefficient (Wildman–Crippen LogP) is 0.744. The number of alkyl halides is 3. The number of sulfone groups is 2. The molecule has 1 atom stereocenters. The number of hydrogen-bond donors (Lipinski definition) is 0. The Kier molecular flexibility index (Phi) is 4.19. The van der Waals surface area contributed by atoms with Crippen molar-refractivity contribution < 1.29 is 30.0 Å². The van der Waals surface area contributed by atoms with Gasteiger partial charge in [0, 0.05) is 5.75 Å². The maximum absolute atomic E-state index is 12.8. The quantitative estimate of drug-likeness (QED) is 0.737. The smallest absolute Gasteiger partial charge is 0.240 e. The molecule has 15 heavy (non-hydrogen) atoms. The van der Waals surface area contributed by atoms with Crippen LogP contribution < -0.4 is 0 Å². The minimum Gasteiger partial charge on any atom is -0.240 e. The second kappa shape index (κ2) is 4.28. The molecule has 0 radical (unpaired) electrons. The predicted molar refractivity (Wildman–Crippen MR) is 48.8 cm³/mol. The second-order valence-corrected chi connectivity index (χ2v) is 7.72. The molecule has 0 saturated heterocycles. The third-order valence-corrected chi connectivity index (χ3v) is 6.36. The van der Waals surface area contributed by atoms with Crippen molar-refractivity contribution in [3.63, 3.8) is 0 Å². The monoisotopic (exact) mass is 268 g/mol. The Bertz CT molecular complexity index is 410. The molecule has 0 amide bonds. The van der Waals surface area contributed by atoms with E-state index in [0.717, 1.165) is 6.92 Å². The first-order valence-electron chi connectivity index (χ1n) is 3.91. The lowest BCUT2D eigenvalue weighted by atomic mass is 10.5. The van der Waals surface area contributed by atoms with Crippen molar-refractivity contribution in [2.75, 3.05) is 10.8 Å². The summed E-state index contributed by atoms with van der Waals surface area (Å²) in [4.78, 5) is 0. The fraction of sp³-hybridized carbons (Fsp3) is 1.00. The van der Waals surface area contributed by atoms with Gasteiger partial charge in [-0.25, -0.2) is 21.2 Å². The molecule has 9 heteroatoms. The average Bonchev–Trinajstić information content (AvgIpc) is 2.02. The summed E-state index contributed by atoms with van der Waals surface area (Å²) in [5.74, 6) is -0.594. The standard InChI is InChI=1S/C6H11F3O4S2/c1-3-14(10,11)4-15(12,13)6(8,9)5(2)7/h5H,3-4H2,1-2H3. The summed E-state index contributed by atoms with van der Waals surface area (Å²) in [5.41, 5.74) is 0. The maximum Gasteiger partial charge on any atom is 0.376 e. The van der Waals surface area contributed by atoms with Crippen molar-refractivity contribution >= 4 is 19.7 Å². The van der Waals surface area contributed by atoms with Gasteiger partial charge in [0.1, 0.15) is 0 Å². The fourth-order valence-electron chi connectivity index (χ4n) is 0.646. The molecular formula is C6H11F3O4S2. The highest BCUT2D eigenvalue weighted by Gasteiger charge is 2.52. The molecule has 0 aromatic carbocycles. The Morgan fingerprint density at radius 3 is 1.87 bits per heavy atom. The lowest BCUT2D eigenvalue weighted by molar-refractivity contribution is 0.0144. The summed E-state index contributed by atoms with van der Waals surface area (Å²) in [6.07, 6.45) is -2.95.